The van der Waals surface area contributed by atoms with Crippen LogP contribution in [0.4, 0.5) is 16.5 Å². The molecule has 6 rings (SSSR count). The SMILES string of the molecule is CC(C)(C)c1nn2nc(-c3ccc(NC(=O)c4cc(C(=O)OO)cc(C(=O)OO)c4)cc3)[nH]c2c1N=Nc1nc2cc(Cl)c(S(=O)(=O)O)cc2s1. The molecule has 51 heavy (non-hydrogen) atoms. The van der Waals surface area contributed by atoms with E-state index in [-0.39, 0.29) is 26.8 Å². The van der Waals surface area contributed by atoms with Crippen molar-refractivity contribution in [2.24, 2.45) is 10.2 Å². The molecule has 0 aliphatic rings. The highest BCUT2D eigenvalue weighted by Crippen LogP contribution is 2.38. The number of carbonyl (C=O) groups is 3. The van der Waals surface area contributed by atoms with Gasteiger partial charge in [0.25, 0.3) is 16.0 Å². The highest BCUT2D eigenvalue weighted by atomic mass is 35.5. The fourth-order valence-electron chi connectivity index (χ4n) is 4.81. The molecule has 0 radical (unpaired) electrons. The minimum absolute atomic E-state index is 0.177. The van der Waals surface area contributed by atoms with Gasteiger partial charge in [-0.15, -0.1) is 20.0 Å². The lowest BCUT2D eigenvalue weighted by Crippen LogP contribution is -2.15. The number of nitrogens with one attached hydrogen (secondary N) is 2. The molecule has 0 saturated carbocycles. The first-order chi connectivity index (χ1) is 24.0. The Balaban J connectivity index is 1.27. The van der Waals surface area contributed by atoms with Crippen LogP contribution in [0, 0.1) is 0 Å². The number of amides is 1. The summed E-state index contributed by atoms with van der Waals surface area (Å²) in [5.74, 6) is -2.84. The summed E-state index contributed by atoms with van der Waals surface area (Å²) in [5, 5.41) is 37.9. The predicted molar refractivity (Wildman–Crippen MR) is 181 cm³/mol. The third-order valence-corrected chi connectivity index (χ3v) is 9.40. The van der Waals surface area contributed by atoms with E-state index in [1.54, 1.807) is 24.3 Å². The van der Waals surface area contributed by atoms with Crippen LogP contribution in [-0.4, -0.2) is 66.1 Å². The lowest BCUT2D eigenvalue weighted by atomic mass is 9.91. The average Bonchev–Trinajstić information content (AvgIpc) is 3.78. The third-order valence-electron chi connectivity index (χ3n) is 7.18. The molecule has 0 aliphatic heterocycles. The van der Waals surface area contributed by atoms with Crippen LogP contribution >= 0.6 is 22.9 Å². The topological polar surface area (TPSA) is 260 Å². The number of aromatic amines is 1. The predicted octanol–water partition coefficient (Wildman–Crippen LogP) is 6.46. The van der Waals surface area contributed by atoms with Crippen molar-refractivity contribution in [2.75, 3.05) is 5.32 Å². The summed E-state index contributed by atoms with van der Waals surface area (Å²) in [7, 11) is -4.55. The second kappa shape index (κ2) is 13.2. The van der Waals surface area contributed by atoms with E-state index >= 15 is 0 Å². The van der Waals surface area contributed by atoms with E-state index in [1.165, 1.54) is 16.8 Å². The fourth-order valence-corrected chi connectivity index (χ4v) is 6.71. The van der Waals surface area contributed by atoms with Gasteiger partial charge in [0.1, 0.15) is 4.90 Å². The molecule has 0 aliphatic carbocycles. The van der Waals surface area contributed by atoms with Gasteiger partial charge >= 0.3 is 11.9 Å². The number of aromatic nitrogens is 5. The second-order valence-electron chi connectivity index (χ2n) is 11.8. The molecule has 3 aromatic carbocycles. The van der Waals surface area contributed by atoms with E-state index in [1.807, 2.05) is 20.8 Å². The summed E-state index contributed by atoms with van der Waals surface area (Å²) in [4.78, 5) is 51.1. The Kier molecular flexibility index (Phi) is 9.14. The van der Waals surface area contributed by atoms with E-state index in [9.17, 15) is 27.4 Å². The lowest BCUT2D eigenvalue weighted by Gasteiger charge is -2.15. The minimum Gasteiger partial charge on any atom is -0.322 e. The zero-order valence-electron chi connectivity index (χ0n) is 26.3. The quantitative estimate of drug-likeness (QED) is 0.0484. The molecule has 0 atom stereocenters. The molecule has 0 bridgehead atoms. The van der Waals surface area contributed by atoms with Gasteiger partial charge in [0, 0.05) is 22.2 Å². The Bertz CT molecular complexity index is 2490. The summed E-state index contributed by atoms with van der Waals surface area (Å²) in [6, 6.07) is 12.1. The number of halogens is 1. The van der Waals surface area contributed by atoms with Gasteiger partial charge in [-0.25, -0.2) is 14.6 Å². The molecular formula is C30H23ClN8O10S2. The summed E-state index contributed by atoms with van der Waals surface area (Å²) in [5.41, 5.74) is 1.28. The van der Waals surface area contributed by atoms with Crippen LogP contribution in [0.1, 0.15) is 57.5 Å². The zero-order valence-corrected chi connectivity index (χ0v) is 28.7. The van der Waals surface area contributed by atoms with E-state index < -0.39 is 38.3 Å². The van der Waals surface area contributed by atoms with Crippen LogP contribution in [0.25, 0.3) is 27.3 Å². The Labute approximate surface area is 294 Å². The molecule has 5 N–H and O–H groups in total. The molecule has 21 heteroatoms. The lowest BCUT2D eigenvalue weighted by molar-refractivity contribution is -0.183. The average molecular weight is 755 g/mol. The van der Waals surface area contributed by atoms with Crippen molar-refractivity contribution in [3.8, 4) is 11.4 Å². The standard InChI is InChI=1S/C30H23ClN8O10S2/c1-30(2,3)23-22(35-36-29-33-19-11-18(31)21(51(45,46)47)12-20(19)50-29)25-34-24(38-39(25)37-23)13-4-6-17(7-5-13)32-26(40)14-8-15(27(41)48-43)10-16(9-14)28(42)49-44/h4-12,43-44H,1-3H3,(H,32,40)(H,34,38)(H,45,46,47). The summed E-state index contributed by atoms with van der Waals surface area (Å²) in [6.07, 6.45) is 0. The van der Waals surface area contributed by atoms with Crippen molar-refractivity contribution in [1.82, 2.24) is 24.8 Å². The molecular weight excluding hydrogens is 732 g/mol. The smallest absolute Gasteiger partial charge is 0.322 e. The first-order valence-electron chi connectivity index (χ1n) is 14.3. The van der Waals surface area contributed by atoms with E-state index in [0.29, 0.717) is 44.3 Å². The number of hydrogen-bond acceptors (Lipinski definition) is 15. The molecule has 3 aromatic heterocycles. The molecule has 1 amide bonds. The number of anilines is 1. The van der Waals surface area contributed by atoms with Crippen molar-refractivity contribution in [1.29, 1.82) is 0 Å². The number of thiazole rings is 1. The van der Waals surface area contributed by atoms with Gasteiger partial charge in [-0.3, -0.25) is 19.1 Å². The number of fused-ring (bicyclic) bond motifs is 2. The van der Waals surface area contributed by atoms with Crippen LogP contribution in [0.2, 0.25) is 5.02 Å². The van der Waals surface area contributed by atoms with Crippen molar-refractivity contribution in [3.05, 3.63) is 82.0 Å². The molecule has 6 aromatic rings. The van der Waals surface area contributed by atoms with Gasteiger partial charge in [0.15, 0.2) is 17.2 Å². The van der Waals surface area contributed by atoms with Gasteiger partial charge in [-0.1, -0.05) is 43.7 Å². The maximum atomic E-state index is 13.0. The highest BCUT2D eigenvalue weighted by molar-refractivity contribution is 7.86. The normalized spacial score (nSPS) is 12.1. The highest BCUT2D eigenvalue weighted by Gasteiger charge is 2.27. The van der Waals surface area contributed by atoms with Gasteiger partial charge < -0.3 is 10.3 Å². The Morgan fingerprint density at radius 2 is 1.57 bits per heavy atom. The Hall–Kier alpha value is -5.64. The first kappa shape index (κ1) is 35.2. The van der Waals surface area contributed by atoms with Gasteiger partial charge in [-0.2, -0.15) is 24.0 Å². The van der Waals surface area contributed by atoms with Crippen LogP contribution < -0.4 is 5.32 Å². The van der Waals surface area contributed by atoms with Crippen molar-refractivity contribution in [3.63, 3.8) is 0 Å². The van der Waals surface area contributed by atoms with Crippen LogP contribution in [0.5, 0.6) is 0 Å². The maximum absolute atomic E-state index is 13.0. The number of hydrogen-bond donors (Lipinski definition) is 5. The summed E-state index contributed by atoms with van der Waals surface area (Å²) < 4.78 is 34.6. The number of carbonyl (C=O) groups excluding carboxylic acids is 3. The summed E-state index contributed by atoms with van der Waals surface area (Å²) >= 11 is 7.07. The van der Waals surface area contributed by atoms with Crippen LogP contribution in [-0.2, 0) is 25.3 Å². The van der Waals surface area contributed by atoms with Crippen molar-refractivity contribution < 1.29 is 47.6 Å². The molecule has 0 saturated heterocycles. The zero-order chi connectivity index (χ0) is 36.8. The number of rotatable bonds is 8. The fraction of sp³-hybridized carbons (Fsp3) is 0.133. The van der Waals surface area contributed by atoms with E-state index in [2.05, 4.69) is 45.5 Å². The maximum Gasteiger partial charge on any atom is 0.372 e. The molecule has 0 unspecified atom stereocenters. The first-order valence-corrected chi connectivity index (χ1v) is 17.0. The Morgan fingerprint density at radius 1 is 0.941 bits per heavy atom. The number of nitrogens with zero attached hydrogens (tertiary/aromatic N) is 6. The molecule has 262 valence electrons. The van der Waals surface area contributed by atoms with Crippen LogP contribution in [0.15, 0.2) is 69.7 Å². The Morgan fingerprint density at radius 3 is 2.16 bits per heavy atom. The second-order valence-corrected chi connectivity index (χ2v) is 14.6. The van der Waals surface area contributed by atoms with Gasteiger partial charge in [-0.05, 0) is 54.6 Å². The van der Waals surface area contributed by atoms with Gasteiger partial charge in [0.05, 0.1) is 32.1 Å². The molecule has 18 nitrogen and oxygen atoms in total. The van der Waals surface area contributed by atoms with Crippen molar-refractivity contribution >= 4 is 83.3 Å². The number of benzene rings is 3. The minimum atomic E-state index is -4.55. The van der Waals surface area contributed by atoms with Gasteiger partial charge in [0.2, 0.25) is 5.13 Å². The number of H-pyrrole nitrogens is 1. The molecule has 0 fully saturated rings. The van der Waals surface area contributed by atoms with E-state index in [4.69, 9.17) is 22.1 Å². The van der Waals surface area contributed by atoms with E-state index in [0.717, 1.165) is 29.5 Å². The molecule has 3 heterocycles. The number of azo groups is 1. The monoisotopic (exact) mass is 754 g/mol. The third kappa shape index (κ3) is 7.17. The van der Waals surface area contributed by atoms with Crippen molar-refractivity contribution in [2.45, 2.75) is 31.1 Å². The van der Waals surface area contributed by atoms with Crippen LogP contribution in [0.3, 0.4) is 0 Å². The summed E-state index contributed by atoms with van der Waals surface area (Å²) in [6.45, 7) is 5.81. The molecule has 0 spiro atoms. The largest absolute Gasteiger partial charge is 0.372 e.